The molecular weight excluding hydrogens is 330 g/mol. The molecule has 0 aliphatic carbocycles. The Morgan fingerprint density at radius 2 is 1.92 bits per heavy atom. The second-order valence-electron chi connectivity index (χ2n) is 6.08. The monoisotopic (exact) mass is 349 g/mol. The Kier molecular flexibility index (Phi) is 4.04. The van der Waals surface area contributed by atoms with E-state index in [2.05, 4.69) is 15.2 Å². The predicted molar refractivity (Wildman–Crippen MR) is 98.0 cm³/mol. The van der Waals surface area contributed by atoms with Gasteiger partial charge in [0.1, 0.15) is 11.5 Å². The van der Waals surface area contributed by atoms with E-state index in [0.717, 1.165) is 46.1 Å². The van der Waals surface area contributed by atoms with Crippen LogP contribution in [0.3, 0.4) is 0 Å². The maximum Gasteiger partial charge on any atom is 0.240 e. The number of nitrogen functional groups attached to an aromatic ring is 1. The Morgan fingerprint density at radius 3 is 2.65 bits per heavy atom. The zero-order valence-corrected chi connectivity index (χ0v) is 14.6. The molecule has 4 rings (SSSR count). The minimum absolute atomic E-state index is 0.261. The van der Waals surface area contributed by atoms with Crippen LogP contribution in [0.1, 0.15) is 17.0 Å². The fraction of sp³-hybridized carbons (Fsp3) is 0.211. The minimum Gasteiger partial charge on any atom is -0.493 e. The number of nitrogens with two attached hydrogens (primary N) is 1. The van der Waals surface area contributed by atoms with E-state index < -0.39 is 0 Å². The molecule has 0 radical (unpaired) electrons. The SMILES string of the molecule is Cc1noc(C)c1CCOc1ccc(-c2cccc3nc(N)nn23)cc1. The highest BCUT2D eigenvalue weighted by molar-refractivity contribution is 5.64. The highest BCUT2D eigenvalue weighted by atomic mass is 16.5. The van der Waals surface area contributed by atoms with Gasteiger partial charge in [0.2, 0.25) is 5.95 Å². The third kappa shape index (κ3) is 2.99. The summed E-state index contributed by atoms with van der Waals surface area (Å²) >= 11 is 0. The summed E-state index contributed by atoms with van der Waals surface area (Å²) in [5.41, 5.74) is 10.4. The van der Waals surface area contributed by atoms with Crippen molar-refractivity contribution in [1.82, 2.24) is 19.8 Å². The van der Waals surface area contributed by atoms with Gasteiger partial charge in [-0.2, -0.15) is 4.98 Å². The average molecular weight is 349 g/mol. The van der Waals surface area contributed by atoms with E-state index in [1.807, 2.05) is 56.3 Å². The maximum atomic E-state index is 5.85. The van der Waals surface area contributed by atoms with Crippen molar-refractivity contribution in [1.29, 1.82) is 0 Å². The number of hydrogen-bond acceptors (Lipinski definition) is 6. The fourth-order valence-electron chi connectivity index (χ4n) is 2.99. The molecule has 0 spiro atoms. The van der Waals surface area contributed by atoms with E-state index in [4.69, 9.17) is 15.0 Å². The summed E-state index contributed by atoms with van der Waals surface area (Å²) in [6, 6.07) is 13.7. The molecule has 0 bridgehead atoms. The molecule has 3 heterocycles. The average Bonchev–Trinajstić information content (AvgIpc) is 3.17. The van der Waals surface area contributed by atoms with Crippen molar-refractivity contribution in [2.75, 3.05) is 12.3 Å². The lowest BCUT2D eigenvalue weighted by Crippen LogP contribution is -2.03. The molecule has 0 aliphatic rings. The minimum atomic E-state index is 0.261. The van der Waals surface area contributed by atoms with Crippen molar-refractivity contribution in [3.63, 3.8) is 0 Å². The number of fused-ring (bicyclic) bond motifs is 1. The second-order valence-corrected chi connectivity index (χ2v) is 6.08. The lowest BCUT2D eigenvalue weighted by atomic mass is 10.1. The van der Waals surface area contributed by atoms with Gasteiger partial charge < -0.3 is 15.0 Å². The zero-order chi connectivity index (χ0) is 18.1. The Morgan fingerprint density at radius 1 is 1.12 bits per heavy atom. The lowest BCUT2D eigenvalue weighted by molar-refractivity contribution is 0.320. The number of rotatable bonds is 5. The van der Waals surface area contributed by atoms with Crippen LogP contribution in [-0.2, 0) is 6.42 Å². The Hall–Kier alpha value is -3.35. The summed E-state index contributed by atoms with van der Waals surface area (Å²) in [5.74, 6) is 1.92. The van der Waals surface area contributed by atoms with E-state index >= 15 is 0 Å². The van der Waals surface area contributed by atoms with Gasteiger partial charge in [-0.3, -0.25) is 0 Å². The molecular formula is C19H19N5O2. The van der Waals surface area contributed by atoms with E-state index in [1.165, 1.54) is 0 Å². The molecule has 4 aromatic rings. The Balaban J connectivity index is 1.48. The van der Waals surface area contributed by atoms with Crippen LogP contribution in [0.2, 0.25) is 0 Å². The summed E-state index contributed by atoms with van der Waals surface area (Å²) in [6.07, 6.45) is 0.764. The van der Waals surface area contributed by atoms with E-state index in [0.29, 0.717) is 6.61 Å². The first-order valence-electron chi connectivity index (χ1n) is 8.38. The predicted octanol–water partition coefficient (Wildman–Crippen LogP) is 3.20. The molecule has 0 amide bonds. The first kappa shape index (κ1) is 16.1. The molecule has 132 valence electrons. The van der Waals surface area contributed by atoms with Crippen LogP contribution in [0.15, 0.2) is 47.0 Å². The van der Waals surface area contributed by atoms with Gasteiger partial charge in [0.05, 0.1) is 18.0 Å². The smallest absolute Gasteiger partial charge is 0.240 e. The fourth-order valence-corrected chi connectivity index (χ4v) is 2.99. The van der Waals surface area contributed by atoms with Gasteiger partial charge in [0.15, 0.2) is 5.65 Å². The summed E-state index contributed by atoms with van der Waals surface area (Å²) in [6.45, 7) is 4.43. The zero-order valence-electron chi connectivity index (χ0n) is 14.6. The number of nitrogens with zero attached hydrogens (tertiary/aromatic N) is 4. The molecule has 26 heavy (non-hydrogen) atoms. The number of aromatic nitrogens is 4. The van der Waals surface area contributed by atoms with Crippen molar-refractivity contribution in [3.8, 4) is 17.0 Å². The van der Waals surface area contributed by atoms with Gasteiger partial charge >= 0.3 is 0 Å². The first-order valence-corrected chi connectivity index (χ1v) is 8.38. The van der Waals surface area contributed by atoms with Gasteiger partial charge in [0, 0.05) is 17.5 Å². The van der Waals surface area contributed by atoms with Crippen LogP contribution in [0.5, 0.6) is 5.75 Å². The van der Waals surface area contributed by atoms with Crippen molar-refractivity contribution in [2.24, 2.45) is 0 Å². The highest BCUT2D eigenvalue weighted by Gasteiger charge is 2.10. The molecule has 0 aliphatic heterocycles. The third-order valence-corrected chi connectivity index (χ3v) is 4.33. The normalized spacial score (nSPS) is 11.2. The van der Waals surface area contributed by atoms with E-state index in [1.54, 1.807) is 4.52 Å². The summed E-state index contributed by atoms with van der Waals surface area (Å²) < 4.78 is 12.8. The van der Waals surface area contributed by atoms with Crippen LogP contribution >= 0.6 is 0 Å². The van der Waals surface area contributed by atoms with Crippen molar-refractivity contribution in [3.05, 3.63) is 59.5 Å². The number of pyridine rings is 1. The molecule has 2 N–H and O–H groups in total. The van der Waals surface area contributed by atoms with Crippen molar-refractivity contribution in [2.45, 2.75) is 20.3 Å². The quantitative estimate of drug-likeness (QED) is 0.595. The maximum absolute atomic E-state index is 5.85. The van der Waals surface area contributed by atoms with Gasteiger partial charge in [-0.05, 0) is 50.2 Å². The number of anilines is 1. The summed E-state index contributed by atoms with van der Waals surface area (Å²) in [4.78, 5) is 4.19. The molecule has 1 aromatic carbocycles. The van der Waals surface area contributed by atoms with E-state index in [-0.39, 0.29) is 5.95 Å². The molecule has 0 unspecified atom stereocenters. The van der Waals surface area contributed by atoms with Crippen molar-refractivity contribution < 1.29 is 9.26 Å². The number of aryl methyl sites for hydroxylation is 2. The number of ether oxygens (including phenoxy) is 1. The first-order chi connectivity index (χ1) is 12.6. The Bertz CT molecular complexity index is 1030. The topological polar surface area (TPSA) is 91.5 Å². The van der Waals surface area contributed by atoms with Crippen LogP contribution < -0.4 is 10.5 Å². The number of hydrogen-bond donors (Lipinski definition) is 1. The standard InChI is InChI=1S/C19H19N5O2/c1-12-16(13(2)26-23-12)10-11-25-15-8-6-14(7-9-15)17-4-3-5-18-21-19(20)22-24(17)18/h3-9H,10-11H2,1-2H3,(H2,20,22). The van der Waals surface area contributed by atoms with Crippen LogP contribution in [-0.4, -0.2) is 26.4 Å². The number of benzene rings is 1. The lowest BCUT2D eigenvalue weighted by Gasteiger charge is -2.08. The molecule has 0 atom stereocenters. The Labute approximate surface area is 150 Å². The molecule has 0 saturated heterocycles. The highest BCUT2D eigenvalue weighted by Crippen LogP contribution is 2.23. The van der Waals surface area contributed by atoms with E-state index in [9.17, 15) is 0 Å². The van der Waals surface area contributed by atoms with Crippen molar-refractivity contribution >= 4 is 11.6 Å². The van der Waals surface area contributed by atoms with Gasteiger partial charge in [0.25, 0.3) is 0 Å². The molecule has 3 aromatic heterocycles. The van der Waals surface area contributed by atoms with Crippen LogP contribution in [0.4, 0.5) is 5.95 Å². The summed E-state index contributed by atoms with van der Waals surface area (Å²) in [7, 11) is 0. The van der Waals surface area contributed by atoms with Gasteiger partial charge in [-0.15, -0.1) is 5.10 Å². The molecule has 0 fully saturated rings. The van der Waals surface area contributed by atoms with Crippen LogP contribution in [0.25, 0.3) is 16.9 Å². The molecule has 7 heteroatoms. The van der Waals surface area contributed by atoms with Crippen LogP contribution in [0, 0.1) is 13.8 Å². The second kappa shape index (κ2) is 6.51. The summed E-state index contributed by atoms with van der Waals surface area (Å²) in [5, 5.41) is 8.20. The third-order valence-electron chi connectivity index (χ3n) is 4.33. The van der Waals surface area contributed by atoms with Gasteiger partial charge in [-0.1, -0.05) is 11.2 Å². The largest absolute Gasteiger partial charge is 0.493 e. The van der Waals surface area contributed by atoms with Gasteiger partial charge in [-0.25, -0.2) is 4.52 Å². The molecule has 7 nitrogen and oxygen atoms in total. The molecule has 0 saturated carbocycles.